The van der Waals surface area contributed by atoms with Gasteiger partial charge in [0.25, 0.3) is 0 Å². The lowest BCUT2D eigenvalue weighted by Crippen LogP contribution is -2.46. The van der Waals surface area contributed by atoms with Crippen molar-refractivity contribution in [2.45, 2.75) is 58.1 Å². The normalized spacial score (nSPS) is 22.4. The highest BCUT2D eigenvalue weighted by molar-refractivity contribution is 7.89. The van der Waals surface area contributed by atoms with Crippen LogP contribution < -0.4 is 0 Å². The standard InChI is InChI=1S/C19H29NO4S/c1-13-12-14(2)16(4)18(15(13)3)25(21,22)20-8-6-17(7-9-20)19(5)23-10-11-24-19/h12,17H,6-11H2,1-5H3. The van der Waals surface area contributed by atoms with Crippen molar-refractivity contribution in [3.8, 4) is 0 Å². The third kappa shape index (κ3) is 3.25. The molecule has 0 N–H and O–H groups in total. The Balaban J connectivity index is 1.84. The van der Waals surface area contributed by atoms with Crippen molar-refractivity contribution in [3.05, 3.63) is 28.3 Å². The third-order valence-electron chi connectivity index (χ3n) is 5.95. The maximum absolute atomic E-state index is 13.3. The minimum Gasteiger partial charge on any atom is -0.348 e. The molecule has 2 saturated heterocycles. The summed E-state index contributed by atoms with van der Waals surface area (Å²) in [5.74, 6) is -0.315. The lowest BCUT2D eigenvalue weighted by atomic mass is 9.90. The third-order valence-corrected chi connectivity index (χ3v) is 8.12. The van der Waals surface area contributed by atoms with E-state index in [4.69, 9.17) is 9.47 Å². The van der Waals surface area contributed by atoms with E-state index in [2.05, 4.69) is 6.07 Å². The number of aryl methyl sites for hydroxylation is 2. The van der Waals surface area contributed by atoms with Crippen LogP contribution in [0.5, 0.6) is 0 Å². The molecule has 0 bridgehead atoms. The summed E-state index contributed by atoms with van der Waals surface area (Å²) >= 11 is 0. The van der Waals surface area contributed by atoms with Crippen molar-refractivity contribution >= 4 is 10.0 Å². The van der Waals surface area contributed by atoms with Crippen LogP contribution >= 0.6 is 0 Å². The van der Waals surface area contributed by atoms with E-state index in [9.17, 15) is 8.42 Å². The second-order valence-corrected chi connectivity index (χ2v) is 9.36. The van der Waals surface area contributed by atoms with E-state index in [1.807, 2.05) is 34.6 Å². The molecule has 5 nitrogen and oxygen atoms in total. The topological polar surface area (TPSA) is 55.8 Å². The molecule has 2 heterocycles. The predicted molar refractivity (Wildman–Crippen MR) is 97.2 cm³/mol. The molecule has 2 aliphatic heterocycles. The Hall–Kier alpha value is -0.950. The van der Waals surface area contributed by atoms with E-state index in [0.717, 1.165) is 35.1 Å². The summed E-state index contributed by atoms with van der Waals surface area (Å²) in [6.45, 7) is 12.0. The molecule has 0 spiro atoms. The summed E-state index contributed by atoms with van der Waals surface area (Å²) in [5.41, 5.74) is 3.77. The van der Waals surface area contributed by atoms with Gasteiger partial charge in [0.15, 0.2) is 5.79 Å². The quantitative estimate of drug-likeness (QED) is 0.824. The number of hydrogen-bond acceptors (Lipinski definition) is 4. The van der Waals surface area contributed by atoms with Gasteiger partial charge in [0, 0.05) is 19.0 Å². The molecule has 25 heavy (non-hydrogen) atoms. The Morgan fingerprint density at radius 1 is 1.00 bits per heavy atom. The molecule has 2 aliphatic rings. The van der Waals surface area contributed by atoms with Crippen molar-refractivity contribution in [2.24, 2.45) is 5.92 Å². The summed E-state index contributed by atoms with van der Waals surface area (Å²) < 4.78 is 39.8. The molecule has 1 aromatic carbocycles. The number of nitrogens with zero attached hydrogens (tertiary/aromatic N) is 1. The molecule has 3 rings (SSSR count). The average Bonchev–Trinajstić information content (AvgIpc) is 3.01. The first-order valence-electron chi connectivity index (χ1n) is 9.02. The van der Waals surface area contributed by atoms with Crippen molar-refractivity contribution < 1.29 is 17.9 Å². The van der Waals surface area contributed by atoms with E-state index in [-0.39, 0.29) is 5.92 Å². The monoisotopic (exact) mass is 367 g/mol. The highest BCUT2D eigenvalue weighted by Crippen LogP contribution is 2.37. The van der Waals surface area contributed by atoms with E-state index in [1.54, 1.807) is 4.31 Å². The number of rotatable bonds is 3. The van der Waals surface area contributed by atoms with Crippen molar-refractivity contribution in [1.82, 2.24) is 4.31 Å². The molecule has 0 radical (unpaired) electrons. The zero-order chi connectivity index (χ0) is 18.4. The molecule has 1 aromatic rings. The molecule has 140 valence electrons. The fourth-order valence-electron chi connectivity index (χ4n) is 4.08. The van der Waals surface area contributed by atoms with Gasteiger partial charge >= 0.3 is 0 Å². The first-order chi connectivity index (χ1) is 11.7. The van der Waals surface area contributed by atoms with Gasteiger partial charge in [-0.3, -0.25) is 0 Å². The van der Waals surface area contributed by atoms with Crippen LogP contribution in [0.3, 0.4) is 0 Å². The van der Waals surface area contributed by atoms with Crippen LogP contribution in [0.2, 0.25) is 0 Å². The minimum atomic E-state index is -3.48. The number of benzene rings is 1. The van der Waals surface area contributed by atoms with Crippen molar-refractivity contribution in [3.63, 3.8) is 0 Å². The van der Waals surface area contributed by atoms with E-state index >= 15 is 0 Å². The summed E-state index contributed by atoms with van der Waals surface area (Å²) in [5, 5.41) is 0. The molecular weight excluding hydrogens is 338 g/mol. The van der Waals surface area contributed by atoms with Crippen LogP contribution in [0.25, 0.3) is 0 Å². The first-order valence-corrected chi connectivity index (χ1v) is 10.5. The van der Waals surface area contributed by atoms with Gasteiger partial charge in [0.05, 0.1) is 18.1 Å². The lowest BCUT2D eigenvalue weighted by Gasteiger charge is -2.38. The predicted octanol–water partition coefficient (Wildman–Crippen LogP) is 3.08. The second kappa shape index (κ2) is 6.65. The molecule has 0 amide bonds. The highest BCUT2D eigenvalue weighted by Gasteiger charge is 2.43. The maximum atomic E-state index is 13.3. The van der Waals surface area contributed by atoms with Gasteiger partial charge in [-0.1, -0.05) is 6.07 Å². The highest BCUT2D eigenvalue weighted by atomic mass is 32.2. The number of piperidine rings is 1. The van der Waals surface area contributed by atoms with Crippen molar-refractivity contribution in [2.75, 3.05) is 26.3 Å². The lowest BCUT2D eigenvalue weighted by molar-refractivity contribution is -0.188. The minimum absolute atomic E-state index is 0.239. The SMILES string of the molecule is Cc1cc(C)c(C)c(S(=O)(=O)N2CCC(C3(C)OCCO3)CC2)c1C. The van der Waals surface area contributed by atoms with Crippen molar-refractivity contribution in [1.29, 1.82) is 0 Å². The number of hydrogen-bond donors (Lipinski definition) is 0. The molecule has 6 heteroatoms. The summed E-state index contributed by atoms with van der Waals surface area (Å²) in [7, 11) is -3.48. The van der Waals surface area contributed by atoms with Crippen LogP contribution in [-0.2, 0) is 19.5 Å². The average molecular weight is 368 g/mol. The smallest absolute Gasteiger partial charge is 0.243 e. The van der Waals surface area contributed by atoms with Gasteiger partial charge in [-0.25, -0.2) is 8.42 Å². The van der Waals surface area contributed by atoms with Crippen LogP contribution in [0, 0.1) is 33.6 Å². The van der Waals surface area contributed by atoms with E-state index < -0.39 is 15.8 Å². The second-order valence-electron chi connectivity index (χ2n) is 7.48. The van der Waals surface area contributed by atoms with Gasteiger partial charge in [-0.05, 0) is 69.7 Å². The Labute approximate surface area is 151 Å². The van der Waals surface area contributed by atoms with Gasteiger partial charge in [-0.2, -0.15) is 4.31 Å². The Kier molecular flexibility index (Phi) is 5.01. The van der Waals surface area contributed by atoms with E-state index in [1.165, 1.54) is 0 Å². The zero-order valence-corrected chi connectivity index (χ0v) is 16.7. The van der Waals surface area contributed by atoms with E-state index in [0.29, 0.717) is 31.2 Å². The Morgan fingerprint density at radius 2 is 1.48 bits per heavy atom. The van der Waals surface area contributed by atoms with Crippen LogP contribution in [0.1, 0.15) is 42.0 Å². The van der Waals surface area contributed by atoms with Crippen LogP contribution in [-0.4, -0.2) is 44.8 Å². The molecule has 2 fully saturated rings. The Morgan fingerprint density at radius 3 is 1.96 bits per heavy atom. The zero-order valence-electron chi connectivity index (χ0n) is 15.9. The first kappa shape index (κ1) is 18.8. The largest absolute Gasteiger partial charge is 0.348 e. The fourth-order valence-corrected chi connectivity index (χ4v) is 6.13. The molecule has 0 aliphatic carbocycles. The van der Waals surface area contributed by atoms with Gasteiger partial charge in [-0.15, -0.1) is 0 Å². The van der Waals surface area contributed by atoms with Gasteiger partial charge in [0.2, 0.25) is 10.0 Å². The molecule has 0 aromatic heterocycles. The fraction of sp³-hybridized carbons (Fsp3) is 0.684. The van der Waals surface area contributed by atoms with Gasteiger partial charge < -0.3 is 9.47 Å². The number of ether oxygens (including phenoxy) is 2. The molecule has 0 saturated carbocycles. The van der Waals surface area contributed by atoms with Crippen LogP contribution in [0.4, 0.5) is 0 Å². The molecule has 0 unspecified atom stereocenters. The Bertz CT molecular complexity index is 732. The summed E-state index contributed by atoms with van der Waals surface area (Å²) in [6, 6.07) is 2.06. The molecule has 0 atom stereocenters. The van der Waals surface area contributed by atoms with Crippen LogP contribution in [0.15, 0.2) is 11.0 Å². The molecular formula is C19H29NO4S. The van der Waals surface area contributed by atoms with Gasteiger partial charge in [0.1, 0.15) is 0 Å². The number of sulfonamides is 1. The summed E-state index contributed by atoms with van der Waals surface area (Å²) in [4.78, 5) is 0.489. The maximum Gasteiger partial charge on any atom is 0.243 e. The summed E-state index contributed by atoms with van der Waals surface area (Å²) in [6.07, 6.45) is 1.53.